The first-order valence-electron chi connectivity index (χ1n) is 21.0. The number of nitrogens with zero attached hydrogens (tertiary/aromatic N) is 1. The van der Waals surface area contributed by atoms with E-state index in [-0.39, 0.29) is 5.41 Å². The van der Waals surface area contributed by atoms with Crippen LogP contribution in [0.2, 0.25) is 0 Å². The molecule has 1 aliphatic carbocycles. The topological polar surface area (TPSA) is 3.24 Å². The van der Waals surface area contributed by atoms with Crippen LogP contribution in [0, 0.1) is 0 Å². The average Bonchev–Trinajstić information content (AvgIpc) is 3.53. The van der Waals surface area contributed by atoms with Gasteiger partial charge in [0.25, 0.3) is 0 Å². The third-order valence-corrected chi connectivity index (χ3v) is 13.2. The molecule has 11 aromatic carbocycles. The smallest absolute Gasteiger partial charge is 0.0468 e. The summed E-state index contributed by atoms with van der Waals surface area (Å²) in [6.07, 6.45) is 0. The number of fused-ring (bicyclic) bond motifs is 10. The molecule has 0 amide bonds. The van der Waals surface area contributed by atoms with E-state index in [0.717, 1.165) is 17.1 Å². The Hall–Kier alpha value is -7.48. The summed E-state index contributed by atoms with van der Waals surface area (Å²) in [4.78, 5) is 2.40. The molecular weight excluding hydrogens is 723 g/mol. The molecule has 0 aliphatic heterocycles. The standard InChI is InChI=1S/C59H41N/c1-59(2)56-26-13-12-22-50(56)55-37-45(31-32-57(55)59)60(43-17-4-3-5-18-43)44-30-29-39-33-41(28-27-40(39)34-44)53-35-42-36-54(47-25-14-16-38-15-6-7-19-46(38)47)49-21-9-11-24-52(49)58(42)51-23-10-8-20-48(51)53/h3-37H,1-2H3. The Kier molecular flexibility index (Phi) is 7.65. The van der Waals surface area contributed by atoms with Gasteiger partial charge < -0.3 is 4.90 Å². The van der Waals surface area contributed by atoms with E-state index >= 15 is 0 Å². The lowest BCUT2D eigenvalue weighted by Crippen LogP contribution is -2.15. The number of para-hydroxylation sites is 1. The van der Waals surface area contributed by atoms with E-state index in [9.17, 15) is 0 Å². The SMILES string of the molecule is CC1(C)c2ccccc2-c2cc(N(c3ccccc3)c3ccc4cc(-c5cc6cc(-c7cccc8ccccc78)c7ccccc7c6c6ccccc56)ccc4c3)ccc21. The zero-order chi connectivity index (χ0) is 40.0. The molecular formula is C59H41N. The van der Waals surface area contributed by atoms with E-state index in [1.807, 2.05) is 0 Å². The predicted octanol–water partition coefficient (Wildman–Crippen LogP) is 16.6. The van der Waals surface area contributed by atoms with Crippen molar-refractivity contribution in [2.24, 2.45) is 0 Å². The molecule has 0 N–H and O–H groups in total. The summed E-state index contributed by atoms with van der Waals surface area (Å²) in [7, 11) is 0. The molecule has 0 aromatic heterocycles. The molecule has 0 unspecified atom stereocenters. The molecule has 11 aromatic rings. The zero-order valence-electron chi connectivity index (χ0n) is 33.7. The van der Waals surface area contributed by atoms with Crippen molar-refractivity contribution in [3.8, 4) is 33.4 Å². The largest absolute Gasteiger partial charge is 0.310 e. The highest BCUT2D eigenvalue weighted by Crippen LogP contribution is 2.51. The maximum absolute atomic E-state index is 2.43. The first-order valence-corrected chi connectivity index (χ1v) is 21.0. The first-order chi connectivity index (χ1) is 29.5. The second-order valence-electron chi connectivity index (χ2n) is 16.9. The molecule has 0 bridgehead atoms. The minimum Gasteiger partial charge on any atom is -0.310 e. The molecule has 12 rings (SSSR count). The fourth-order valence-electron chi connectivity index (χ4n) is 10.3. The van der Waals surface area contributed by atoms with E-state index < -0.39 is 0 Å². The van der Waals surface area contributed by atoms with E-state index in [0.29, 0.717) is 0 Å². The van der Waals surface area contributed by atoms with Gasteiger partial charge >= 0.3 is 0 Å². The van der Waals surface area contributed by atoms with Gasteiger partial charge in [0.2, 0.25) is 0 Å². The van der Waals surface area contributed by atoms with Crippen LogP contribution in [0.15, 0.2) is 212 Å². The summed E-state index contributed by atoms with van der Waals surface area (Å²) >= 11 is 0. The summed E-state index contributed by atoms with van der Waals surface area (Å²) in [5.41, 5.74) is 13.8. The van der Waals surface area contributed by atoms with Crippen molar-refractivity contribution < 1.29 is 0 Å². The third kappa shape index (κ3) is 5.26. The Bertz CT molecular complexity index is 3520. The highest BCUT2D eigenvalue weighted by atomic mass is 15.1. The number of rotatable bonds is 5. The number of hydrogen-bond acceptors (Lipinski definition) is 1. The fourth-order valence-corrected chi connectivity index (χ4v) is 10.3. The first kappa shape index (κ1) is 34.6. The molecule has 0 saturated heterocycles. The van der Waals surface area contributed by atoms with Crippen LogP contribution in [0.1, 0.15) is 25.0 Å². The fraction of sp³-hybridized carbons (Fsp3) is 0.0508. The molecule has 1 aliphatic rings. The minimum atomic E-state index is -0.0358. The third-order valence-electron chi connectivity index (χ3n) is 13.2. The van der Waals surface area contributed by atoms with Crippen molar-refractivity contribution in [1.82, 2.24) is 0 Å². The molecule has 0 fully saturated rings. The number of benzene rings is 11. The van der Waals surface area contributed by atoms with Crippen LogP contribution in [-0.2, 0) is 5.41 Å². The maximum Gasteiger partial charge on any atom is 0.0468 e. The van der Waals surface area contributed by atoms with Gasteiger partial charge in [-0.3, -0.25) is 0 Å². The van der Waals surface area contributed by atoms with Crippen molar-refractivity contribution in [3.63, 3.8) is 0 Å². The molecule has 1 nitrogen and oxygen atoms in total. The van der Waals surface area contributed by atoms with E-state index in [4.69, 9.17) is 0 Å². The van der Waals surface area contributed by atoms with Gasteiger partial charge in [-0.15, -0.1) is 0 Å². The molecule has 0 spiro atoms. The van der Waals surface area contributed by atoms with Crippen LogP contribution in [0.4, 0.5) is 17.1 Å². The van der Waals surface area contributed by atoms with Gasteiger partial charge in [0, 0.05) is 22.5 Å². The van der Waals surface area contributed by atoms with Crippen molar-refractivity contribution in [1.29, 1.82) is 0 Å². The van der Waals surface area contributed by atoms with Crippen molar-refractivity contribution in [2.45, 2.75) is 19.3 Å². The zero-order valence-corrected chi connectivity index (χ0v) is 33.7. The minimum absolute atomic E-state index is 0.0358. The Morgan fingerprint density at radius 3 is 1.68 bits per heavy atom. The molecule has 0 heterocycles. The van der Waals surface area contributed by atoms with Crippen molar-refractivity contribution >= 4 is 70.9 Å². The summed E-state index contributed by atoms with van der Waals surface area (Å²) in [5, 5.41) is 12.6. The van der Waals surface area contributed by atoms with E-state index in [2.05, 4.69) is 231 Å². The summed E-state index contributed by atoms with van der Waals surface area (Å²) < 4.78 is 0. The highest BCUT2D eigenvalue weighted by molar-refractivity contribution is 6.26. The Morgan fingerprint density at radius 2 is 0.867 bits per heavy atom. The predicted molar refractivity (Wildman–Crippen MR) is 257 cm³/mol. The van der Waals surface area contributed by atoms with Crippen LogP contribution in [-0.4, -0.2) is 0 Å². The van der Waals surface area contributed by atoms with Crippen LogP contribution >= 0.6 is 0 Å². The van der Waals surface area contributed by atoms with Crippen molar-refractivity contribution in [3.05, 3.63) is 223 Å². The van der Waals surface area contributed by atoms with E-state index in [1.165, 1.54) is 98.4 Å². The van der Waals surface area contributed by atoms with Gasteiger partial charge in [0.15, 0.2) is 0 Å². The maximum atomic E-state index is 2.43. The van der Waals surface area contributed by atoms with Gasteiger partial charge in [-0.2, -0.15) is 0 Å². The van der Waals surface area contributed by atoms with Gasteiger partial charge in [-0.25, -0.2) is 0 Å². The van der Waals surface area contributed by atoms with Crippen molar-refractivity contribution in [2.75, 3.05) is 4.90 Å². The second kappa shape index (κ2) is 13.3. The van der Waals surface area contributed by atoms with Gasteiger partial charge in [-0.05, 0) is 153 Å². The van der Waals surface area contributed by atoms with Crippen LogP contribution in [0.25, 0.3) is 87.2 Å². The molecule has 1 heteroatoms. The summed E-state index contributed by atoms with van der Waals surface area (Å²) in [6, 6.07) is 78.8. The molecule has 0 radical (unpaired) electrons. The Balaban J connectivity index is 1.01. The quantitative estimate of drug-likeness (QED) is 0.158. The number of anilines is 3. The lowest BCUT2D eigenvalue weighted by Gasteiger charge is -2.27. The van der Waals surface area contributed by atoms with Crippen LogP contribution < -0.4 is 4.90 Å². The summed E-state index contributed by atoms with van der Waals surface area (Å²) in [6.45, 7) is 4.69. The second-order valence-corrected chi connectivity index (χ2v) is 16.9. The van der Waals surface area contributed by atoms with Gasteiger partial charge in [0.05, 0.1) is 0 Å². The monoisotopic (exact) mass is 763 g/mol. The molecule has 282 valence electrons. The highest BCUT2D eigenvalue weighted by Gasteiger charge is 2.35. The van der Waals surface area contributed by atoms with Gasteiger partial charge in [0.1, 0.15) is 0 Å². The van der Waals surface area contributed by atoms with E-state index in [1.54, 1.807) is 0 Å². The lowest BCUT2D eigenvalue weighted by atomic mass is 9.82. The Morgan fingerprint density at radius 1 is 0.300 bits per heavy atom. The number of hydrogen-bond donors (Lipinski definition) is 0. The van der Waals surface area contributed by atoms with Gasteiger partial charge in [-0.1, -0.05) is 172 Å². The molecule has 0 atom stereocenters. The van der Waals surface area contributed by atoms with Crippen LogP contribution in [0.3, 0.4) is 0 Å². The lowest BCUT2D eigenvalue weighted by molar-refractivity contribution is 0.660. The Labute approximate surface area is 350 Å². The molecule has 60 heavy (non-hydrogen) atoms. The molecule has 0 saturated carbocycles. The summed E-state index contributed by atoms with van der Waals surface area (Å²) in [5.74, 6) is 0. The van der Waals surface area contributed by atoms with Crippen LogP contribution in [0.5, 0.6) is 0 Å². The average molecular weight is 764 g/mol. The normalized spacial score (nSPS) is 13.0.